The maximum absolute atomic E-state index is 11.4. The lowest BCUT2D eigenvalue weighted by molar-refractivity contribution is -0.130. The largest absolute Gasteiger partial charge is 0.356 e. The fraction of sp³-hybridized carbons (Fsp3) is 0.619. The number of amides is 1. The molecule has 6 nitrogen and oxygen atoms in total. The van der Waals surface area contributed by atoms with Crippen molar-refractivity contribution >= 4 is 47.4 Å². The van der Waals surface area contributed by atoms with Crippen molar-refractivity contribution in [2.75, 3.05) is 52.9 Å². The summed E-state index contributed by atoms with van der Waals surface area (Å²) in [5, 5.41) is 7.61. The van der Waals surface area contributed by atoms with Crippen molar-refractivity contribution in [3.05, 3.63) is 34.9 Å². The number of piperazine rings is 1. The van der Waals surface area contributed by atoms with Gasteiger partial charge in [-0.05, 0) is 29.5 Å². The van der Waals surface area contributed by atoms with Gasteiger partial charge in [-0.1, -0.05) is 37.6 Å². The standard InChI is InChI=1S/C21H34ClN5O.HI/c1-17(28)27-12-10-26(11-13-27)9-8-24-20(23-4)25-16-21(2,3)15-18-6-5-7-19(22)14-18;/h5-7,14H,8-13,15-16H2,1-4H3,(H2,23,24,25);1H. The van der Waals surface area contributed by atoms with E-state index in [1.165, 1.54) is 5.56 Å². The molecular weight excluding hydrogens is 501 g/mol. The lowest BCUT2D eigenvalue weighted by Crippen LogP contribution is -2.50. The number of hydrogen-bond acceptors (Lipinski definition) is 3. The van der Waals surface area contributed by atoms with E-state index < -0.39 is 0 Å². The Balaban J connectivity index is 0.00000420. The van der Waals surface area contributed by atoms with Gasteiger partial charge in [-0.15, -0.1) is 24.0 Å². The van der Waals surface area contributed by atoms with Gasteiger partial charge in [-0.3, -0.25) is 14.7 Å². The topological polar surface area (TPSA) is 60.0 Å². The van der Waals surface area contributed by atoms with E-state index in [-0.39, 0.29) is 35.3 Å². The fourth-order valence-electron chi connectivity index (χ4n) is 3.42. The van der Waals surface area contributed by atoms with Crippen LogP contribution in [0.25, 0.3) is 0 Å². The zero-order valence-electron chi connectivity index (χ0n) is 18.0. The molecule has 1 aromatic carbocycles. The Morgan fingerprint density at radius 1 is 1.21 bits per heavy atom. The van der Waals surface area contributed by atoms with Gasteiger partial charge in [-0.2, -0.15) is 0 Å². The van der Waals surface area contributed by atoms with Gasteiger partial charge in [0.25, 0.3) is 0 Å². The maximum atomic E-state index is 11.4. The molecule has 1 amide bonds. The van der Waals surface area contributed by atoms with E-state index in [1.54, 1.807) is 14.0 Å². The average molecular weight is 536 g/mol. The number of hydrogen-bond donors (Lipinski definition) is 2. The van der Waals surface area contributed by atoms with Crippen LogP contribution in [0.15, 0.2) is 29.3 Å². The zero-order chi connectivity index (χ0) is 20.6. The van der Waals surface area contributed by atoms with E-state index in [4.69, 9.17) is 11.6 Å². The number of carbonyl (C=O) groups excluding carboxylic acids is 1. The Morgan fingerprint density at radius 3 is 2.48 bits per heavy atom. The highest BCUT2D eigenvalue weighted by atomic mass is 127. The molecule has 2 rings (SSSR count). The van der Waals surface area contributed by atoms with E-state index in [0.29, 0.717) is 0 Å². The van der Waals surface area contributed by atoms with Crippen LogP contribution in [0.5, 0.6) is 0 Å². The highest BCUT2D eigenvalue weighted by Gasteiger charge is 2.20. The van der Waals surface area contributed by atoms with Crippen LogP contribution in [-0.2, 0) is 11.2 Å². The summed E-state index contributed by atoms with van der Waals surface area (Å²) in [4.78, 5) is 20.0. The molecule has 0 bridgehead atoms. The van der Waals surface area contributed by atoms with E-state index in [2.05, 4.69) is 40.4 Å². The van der Waals surface area contributed by atoms with Gasteiger partial charge in [-0.25, -0.2) is 0 Å². The molecule has 1 saturated heterocycles. The van der Waals surface area contributed by atoms with E-state index in [9.17, 15) is 4.79 Å². The van der Waals surface area contributed by atoms with Crippen LogP contribution < -0.4 is 10.6 Å². The van der Waals surface area contributed by atoms with Gasteiger partial charge in [0.15, 0.2) is 5.96 Å². The molecule has 8 heteroatoms. The van der Waals surface area contributed by atoms with Gasteiger partial charge in [0.1, 0.15) is 0 Å². The number of benzene rings is 1. The SMILES string of the molecule is CN=C(NCCN1CCN(C(C)=O)CC1)NCC(C)(C)Cc1cccc(Cl)c1.I. The Bertz CT molecular complexity index is 675. The van der Waals surface area contributed by atoms with Crippen molar-refractivity contribution in [2.45, 2.75) is 27.2 Å². The number of guanidine groups is 1. The van der Waals surface area contributed by atoms with Crippen LogP contribution in [0.2, 0.25) is 5.02 Å². The summed E-state index contributed by atoms with van der Waals surface area (Å²) in [6.07, 6.45) is 0.942. The third-order valence-corrected chi connectivity index (χ3v) is 5.30. The van der Waals surface area contributed by atoms with Crippen molar-refractivity contribution in [3.63, 3.8) is 0 Å². The number of nitrogens with zero attached hydrogens (tertiary/aromatic N) is 3. The van der Waals surface area contributed by atoms with Crippen LogP contribution in [0, 0.1) is 5.41 Å². The first kappa shape index (κ1) is 26.0. The minimum absolute atomic E-state index is 0. The van der Waals surface area contributed by atoms with Crippen LogP contribution in [0.1, 0.15) is 26.3 Å². The second-order valence-electron chi connectivity index (χ2n) is 8.17. The summed E-state index contributed by atoms with van der Waals surface area (Å²) >= 11 is 6.10. The van der Waals surface area contributed by atoms with Crippen LogP contribution in [0.3, 0.4) is 0 Å². The molecule has 1 heterocycles. The third-order valence-electron chi connectivity index (χ3n) is 5.07. The smallest absolute Gasteiger partial charge is 0.219 e. The third kappa shape index (κ3) is 9.53. The fourth-order valence-corrected chi connectivity index (χ4v) is 3.64. The molecule has 0 saturated carbocycles. The lowest BCUT2D eigenvalue weighted by atomic mass is 9.86. The summed E-state index contributed by atoms with van der Waals surface area (Å²) < 4.78 is 0. The normalized spacial score (nSPS) is 15.6. The molecular formula is C21H35ClIN5O. The number of rotatable bonds is 7. The summed E-state index contributed by atoms with van der Waals surface area (Å²) in [7, 11) is 1.80. The van der Waals surface area contributed by atoms with Crippen molar-refractivity contribution < 1.29 is 4.79 Å². The first-order valence-corrected chi connectivity index (χ1v) is 10.3. The Kier molecular flexibility index (Phi) is 11.3. The monoisotopic (exact) mass is 535 g/mol. The van der Waals surface area contributed by atoms with Crippen molar-refractivity contribution in [1.29, 1.82) is 0 Å². The molecule has 0 unspecified atom stereocenters. The van der Waals surface area contributed by atoms with Gasteiger partial charge >= 0.3 is 0 Å². The average Bonchev–Trinajstić information content (AvgIpc) is 2.64. The number of halogens is 2. The molecule has 1 fully saturated rings. The minimum atomic E-state index is 0. The molecule has 0 aromatic heterocycles. The summed E-state index contributed by atoms with van der Waals surface area (Å²) in [6.45, 7) is 12.2. The highest BCUT2D eigenvalue weighted by molar-refractivity contribution is 14.0. The summed E-state index contributed by atoms with van der Waals surface area (Å²) in [5.74, 6) is 0.990. The number of aliphatic imine (C=N–C) groups is 1. The van der Waals surface area contributed by atoms with Gasteiger partial charge in [0, 0.05) is 64.8 Å². The Morgan fingerprint density at radius 2 is 1.90 bits per heavy atom. The molecule has 1 aromatic rings. The molecule has 1 aliphatic rings. The molecule has 0 spiro atoms. The first-order chi connectivity index (χ1) is 13.3. The molecule has 164 valence electrons. The molecule has 1 aliphatic heterocycles. The Labute approximate surface area is 197 Å². The van der Waals surface area contributed by atoms with Crippen molar-refractivity contribution in [2.24, 2.45) is 10.4 Å². The van der Waals surface area contributed by atoms with E-state index >= 15 is 0 Å². The summed E-state index contributed by atoms with van der Waals surface area (Å²) in [6, 6.07) is 8.05. The quantitative estimate of drug-likeness (QED) is 0.320. The molecule has 0 atom stereocenters. The maximum Gasteiger partial charge on any atom is 0.219 e. The van der Waals surface area contributed by atoms with Crippen LogP contribution in [0.4, 0.5) is 0 Å². The van der Waals surface area contributed by atoms with Gasteiger partial charge in [0.2, 0.25) is 5.91 Å². The highest BCUT2D eigenvalue weighted by Crippen LogP contribution is 2.22. The van der Waals surface area contributed by atoms with Gasteiger partial charge in [0.05, 0.1) is 0 Å². The van der Waals surface area contributed by atoms with Crippen LogP contribution >= 0.6 is 35.6 Å². The Hall–Kier alpha value is -1.06. The second-order valence-corrected chi connectivity index (χ2v) is 8.61. The minimum Gasteiger partial charge on any atom is -0.356 e. The predicted octanol–water partition coefficient (Wildman–Crippen LogP) is 2.86. The molecule has 0 radical (unpaired) electrons. The second kappa shape index (κ2) is 12.6. The first-order valence-electron chi connectivity index (χ1n) is 9.96. The number of carbonyl (C=O) groups is 1. The van der Waals surface area contributed by atoms with E-state index in [1.807, 2.05) is 23.1 Å². The van der Waals surface area contributed by atoms with Crippen molar-refractivity contribution in [3.8, 4) is 0 Å². The molecule has 29 heavy (non-hydrogen) atoms. The predicted molar refractivity (Wildman–Crippen MR) is 132 cm³/mol. The summed E-state index contributed by atoms with van der Waals surface area (Å²) in [5.41, 5.74) is 1.32. The van der Waals surface area contributed by atoms with Gasteiger partial charge < -0.3 is 15.5 Å². The lowest BCUT2D eigenvalue weighted by Gasteiger charge is -2.34. The molecule has 0 aliphatic carbocycles. The molecule has 2 N–H and O–H groups in total. The van der Waals surface area contributed by atoms with E-state index in [0.717, 1.165) is 63.2 Å². The zero-order valence-corrected chi connectivity index (χ0v) is 21.1. The number of nitrogens with one attached hydrogen (secondary N) is 2. The van der Waals surface area contributed by atoms with Crippen LogP contribution in [-0.4, -0.2) is 74.5 Å². The van der Waals surface area contributed by atoms with Crippen molar-refractivity contribution in [1.82, 2.24) is 20.4 Å².